The number of hydrogen-bond acceptors (Lipinski definition) is 3. The number of aromatic nitrogens is 2. The summed E-state index contributed by atoms with van der Waals surface area (Å²) in [5, 5.41) is 4.57. The average Bonchev–Trinajstić information content (AvgIpc) is 3.16. The predicted molar refractivity (Wildman–Crippen MR) is 132 cm³/mol. The lowest BCUT2D eigenvalue weighted by Crippen LogP contribution is -2.23. The minimum absolute atomic E-state index is 0.150. The normalized spacial score (nSPS) is 14.4. The second kappa shape index (κ2) is 8.67. The summed E-state index contributed by atoms with van der Waals surface area (Å²) in [5.74, 6) is 0.150. The molecule has 0 unspecified atom stereocenters. The molecule has 0 radical (unpaired) electrons. The fourth-order valence-electron chi connectivity index (χ4n) is 4.10. The van der Waals surface area contributed by atoms with E-state index in [-0.39, 0.29) is 5.78 Å². The third-order valence-corrected chi connectivity index (χ3v) is 6.10. The molecule has 2 aromatic heterocycles. The van der Waals surface area contributed by atoms with Crippen molar-refractivity contribution in [3.63, 3.8) is 0 Å². The van der Waals surface area contributed by atoms with Crippen LogP contribution < -0.4 is 5.32 Å². The number of nitrogens with one attached hydrogen (secondary N) is 1. The first kappa shape index (κ1) is 21.3. The quantitative estimate of drug-likeness (QED) is 0.454. The van der Waals surface area contributed by atoms with E-state index in [2.05, 4.69) is 81.7 Å². The maximum absolute atomic E-state index is 12.9. The van der Waals surface area contributed by atoms with Gasteiger partial charge in [0, 0.05) is 64.3 Å². The summed E-state index contributed by atoms with van der Waals surface area (Å²) in [5.41, 5.74) is 6.81. The Labute approximate surface area is 191 Å². The van der Waals surface area contributed by atoms with Crippen molar-refractivity contribution in [3.05, 3.63) is 88.3 Å². The maximum Gasteiger partial charge on any atom is 0.165 e. The topological polar surface area (TPSA) is 46.9 Å². The SMILES string of the molecule is C=C(NCC1=C(c2ccncc2)C=C(C)CC1=O)c1cc(Br)cc2c1ccn2C(C)C. The highest BCUT2D eigenvalue weighted by Gasteiger charge is 2.21. The van der Waals surface area contributed by atoms with E-state index in [0.717, 1.165) is 48.9 Å². The third-order valence-electron chi connectivity index (χ3n) is 5.65. The molecule has 0 bridgehead atoms. The van der Waals surface area contributed by atoms with Crippen molar-refractivity contribution in [2.45, 2.75) is 33.2 Å². The minimum Gasteiger partial charge on any atom is -0.381 e. The molecular formula is C26H26BrN3O. The third kappa shape index (κ3) is 4.28. The largest absolute Gasteiger partial charge is 0.381 e. The molecular weight excluding hydrogens is 450 g/mol. The van der Waals surface area contributed by atoms with Crippen molar-refractivity contribution in [2.75, 3.05) is 6.54 Å². The summed E-state index contributed by atoms with van der Waals surface area (Å²) in [7, 11) is 0. The van der Waals surface area contributed by atoms with Crippen LogP contribution in [0.2, 0.25) is 0 Å². The van der Waals surface area contributed by atoms with E-state index >= 15 is 0 Å². The van der Waals surface area contributed by atoms with Crippen LogP contribution in [-0.4, -0.2) is 21.9 Å². The highest BCUT2D eigenvalue weighted by atomic mass is 79.9. The van der Waals surface area contributed by atoms with Crippen molar-refractivity contribution in [2.24, 2.45) is 0 Å². The number of benzene rings is 1. The molecule has 0 saturated carbocycles. The van der Waals surface area contributed by atoms with E-state index in [1.54, 1.807) is 12.4 Å². The number of Topliss-reactive ketones (excluding diaryl/α,β-unsaturated/α-hetero) is 1. The van der Waals surface area contributed by atoms with Gasteiger partial charge in [-0.1, -0.05) is 34.2 Å². The first-order valence-electron chi connectivity index (χ1n) is 10.4. The molecule has 2 heterocycles. The number of pyridine rings is 1. The molecule has 0 amide bonds. The highest BCUT2D eigenvalue weighted by molar-refractivity contribution is 9.10. The van der Waals surface area contributed by atoms with Crippen LogP contribution in [-0.2, 0) is 4.79 Å². The Morgan fingerprint density at radius 1 is 1.26 bits per heavy atom. The van der Waals surface area contributed by atoms with E-state index < -0.39 is 0 Å². The summed E-state index contributed by atoms with van der Waals surface area (Å²) < 4.78 is 3.25. The van der Waals surface area contributed by atoms with Gasteiger partial charge in [0.05, 0.1) is 5.52 Å². The molecule has 0 atom stereocenters. The molecule has 31 heavy (non-hydrogen) atoms. The van der Waals surface area contributed by atoms with Crippen molar-refractivity contribution < 1.29 is 4.79 Å². The molecule has 5 heteroatoms. The fraction of sp³-hybridized carbons (Fsp3) is 0.231. The van der Waals surface area contributed by atoms with E-state index in [1.807, 2.05) is 19.1 Å². The van der Waals surface area contributed by atoms with Gasteiger partial charge in [-0.25, -0.2) is 0 Å². The van der Waals surface area contributed by atoms with Crippen LogP contribution in [0.4, 0.5) is 0 Å². The molecule has 1 N–H and O–H groups in total. The van der Waals surface area contributed by atoms with Crippen LogP contribution in [0.15, 0.2) is 77.2 Å². The zero-order chi connectivity index (χ0) is 22.1. The van der Waals surface area contributed by atoms with Crippen LogP contribution in [0.1, 0.15) is 44.4 Å². The Hall–Kier alpha value is -2.92. The molecule has 3 aromatic rings. The Balaban J connectivity index is 1.67. The molecule has 0 fully saturated rings. The summed E-state index contributed by atoms with van der Waals surface area (Å²) >= 11 is 3.64. The molecule has 1 aromatic carbocycles. The summed E-state index contributed by atoms with van der Waals surface area (Å²) in [6.07, 6.45) is 8.19. The highest BCUT2D eigenvalue weighted by Crippen LogP contribution is 2.32. The standard InChI is InChI=1S/C26H26BrN3O/c1-16(2)30-10-7-21-22(13-20(27)14-25(21)30)18(4)29-15-24-23(11-17(3)12-26(24)31)19-5-8-28-9-6-19/h5-11,13-14,16,29H,4,12,15H2,1-3H3. The van der Waals surface area contributed by atoms with Gasteiger partial charge in [0.15, 0.2) is 5.78 Å². The maximum atomic E-state index is 12.9. The summed E-state index contributed by atoms with van der Waals surface area (Å²) in [6, 6.07) is 10.6. The lowest BCUT2D eigenvalue weighted by atomic mass is 9.88. The van der Waals surface area contributed by atoms with Gasteiger partial charge in [-0.05, 0) is 62.2 Å². The predicted octanol–water partition coefficient (Wildman–Crippen LogP) is 6.31. The monoisotopic (exact) mass is 475 g/mol. The Kier molecular flexibility index (Phi) is 5.96. The fourth-order valence-corrected chi connectivity index (χ4v) is 4.54. The average molecular weight is 476 g/mol. The number of hydrogen-bond donors (Lipinski definition) is 1. The van der Waals surface area contributed by atoms with Crippen molar-refractivity contribution in [1.82, 2.24) is 14.9 Å². The first-order valence-corrected chi connectivity index (χ1v) is 11.2. The zero-order valence-electron chi connectivity index (χ0n) is 18.1. The summed E-state index contributed by atoms with van der Waals surface area (Å²) in [4.78, 5) is 17.0. The molecule has 1 aliphatic rings. The molecule has 4 nitrogen and oxygen atoms in total. The van der Waals surface area contributed by atoms with E-state index in [9.17, 15) is 4.79 Å². The zero-order valence-corrected chi connectivity index (χ0v) is 19.7. The van der Waals surface area contributed by atoms with Gasteiger partial charge in [0.25, 0.3) is 0 Å². The lowest BCUT2D eigenvalue weighted by Gasteiger charge is -2.20. The van der Waals surface area contributed by atoms with Gasteiger partial charge in [-0.3, -0.25) is 9.78 Å². The number of fused-ring (bicyclic) bond motifs is 1. The number of allylic oxidation sites excluding steroid dienone is 3. The van der Waals surface area contributed by atoms with Crippen LogP contribution in [0, 0.1) is 0 Å². The van der Waals surface area contributed by atoms with Gasteiger partial charge in [-0.15, -0.1) is 0 Å². The number of ketones is 1. The molecule has 0 aliphatic heterocycles. The molecule has 4 rings (SSSR count). The van der Waals surface area contributed by atoms with Gasteiger partial charge < -0.3 is 9.88 Å². The Bertz CT molecular complexity index is 1230. The van der Waals surface area contributed by atoms with Crippen LogP contribution in [0.3, 0.4) is 0 Å². The first-order chi connectivity index (χ1) is 14.8. The second-order valence-corrected chi connectivity index (χ2v) is 9.17. The Morgan fingerprint density at radius 3 is 2.71 bits per heavy atom. The van der Waals surface area contributed by atoms with Gasteiger partial charge in [-0.2, -0.15) is 0 Å². The minimum atomic E-state index is 0.150. The van der Waals surface area contributed by atoms with Crippen LogP contribution in [0.25, 0.3) is 22.2 Å². The molecule has 1 aliphatic carbocycles. The number of nitrogens with zero attached hydrogens (tertiary/aromatic N) is 2. The van der Waals surface area contributed by atoms with Gasteiger partial charge >= 0.3 is 0 Å². The molecule has 158 valence electrons. The smallest absolute Gasteiger partial charge is 0.165 e. The molecule has 0 spiro atoms. The van der Waals surface area contributed by atoms with Gasteiger partial charge in [0.1, 0.15) is 0 Å². The van der Waals surface area contributed by atoms with E-state index in [0.29, 0.717) is 19.0 Å². The number of carbonyl (C=O) groups excluding carboxylic acids is 1. The van der Waals surface area contributed by atoms with Crippen molar-refractivity contribution in [1.29, 1.82) is 0 Å². The van der Waals surface area contributed by atoms with Crippen molar-refractivity contribution >= 4 is 43.9 Å². The number of halogens is 1. The Morgan fingerprint density at radius 2 is 2.00 bits per heavy atom. The van der Waals surface area contributed by atoms with E-state index in [1.165, 1.54) is 0 Å². The number of carbonyl (C=O) groups is 1. The second-order valence-electron chi connectivity index (χ2n) is 8.25. The van der Waals surface area contributed by atoms with Crippen molar-refractivity contribution in [3.8, 4) is 0 Å². The van der Waals surface area contributed by atoms with E-state index in [4.69, 9.17) is 0 Å². The molecule has 0 saturated heterocycles. The lowest BCUT2D eigenvalue weighted by molar-refractivity contribution is -0.115. The summed E-state index contributed by atoms with van der Waals surface area (Å²) in [6.45, 7) is 11.1. The number of rotatable bonds is 6. The van der Waals surface area contributed by atoms with Crippen LogP contribution >= 0.6 is 15.9 Å². The van der Waals surface area contributed by atoms with Crippen LogP contribution in [0.5, 0.6) is 0 Å². The van der Waals surface area contributed by atoms with Gasteiger partial charge in [0.2, 0.25) is 0 Å².